The Hall–Kier alpha value is -2.43. The molecule has 28 heavy (non-hydrogen) atoms. The molecule has 1 N–H and O–H groups in total. The van der Waals surface area contributed by atoms with E-state index >= 15 is 0 Å². The molecule has 1 unspecified atom stereocenters. The Labute approximate surface area is 166 Å². The number of aromatic nitrogens is 1. The van der Waals surface area contributed by atoms with Crippen molar-refractivity contribution < 1.29 is 9.84 Å². The maximum absolute atomic E-state index is 11.1. The van der Waals surface area contributed by atoms with Gasteiger partial charge in [0.2, 0.25) is 0 Å². The summed E-state index contributed by atoms with van der Waals surface area (Å²) in [5.41, 5.74) is 4.98. The van der Waals surface area contributed by atoms with Crippen LogP contribution >= 0.6 is 0 Å². The topological polar surface area (TPSA) is 45.6 Å². The minimum atomic E-state index is -0.556. The Bertz CT molecular complexity index is 947. The number of nitrogens with zero attached hydrogens (tertiary/aromatic N) is 2. The van der Waals surface area contributed by atoms with Crippen molar-refractivity contribution in [1.82, 2.24) is 9.88 Å². The first-order chi connectivity index (χ1) is 13.6. The molecule has 0 aliphatic carbocycles. The van der Waals surface area contributed by atoms with Crippen LogP contribution in [0.5, 0.6) is 5.75 Å². The van der Waals surface area contributed by atoms with Gasteiger partial charge >= 0.3 is 0 Å². The molecule has 4 nitrogen and oxygen atoms in total. The van der Waals surface area contributed by atoms with Gasteiger partial charge in [0.25, 0.3) is 0 Å². The van der Waals surface area contributed by atoms with Crippen molar-refractivity contribution in [2.45, 2.75) is 32.3 Å². The Morgan fingerprint density at radius 3 is 2.50 bits per heavy atom. The summed E-state index contributed by atoms with van der Waals surface area (Å²) in [6, 6.07) is 16.3. The van der Waals surface area contributed by atoms with Gasteiger partial charge in [0.1, 0.15) is 5.75 Å². The number of fused-ring (bicyclic) bond motifs is 1. The van der Waals surface area contributed by atoms with Crippen molar-refractivity contribution in [3.05, 3.63) is 59.7 Å². The fraction of sp³-hybridized carbons (Fsp3) is 0.375. The average molecular weight is 377 g/mol. The van der Waals surface area contributed by atoms with Gasteiger partial charge in [0, 0.05) is 17.5 Å². The van der Waals surface area contributed by atoms with Crippen LogP contribution in [0.4, 0.5) is 0 Å². The maximum atomic E-state index is 11.1. The second-order valence-electron chi connectivity index (χ2n) is 7.72. The summed E-state index contributed by atoms with van der Waals surface area (Å²) in [6.45, 7) is 4.86. The SMILES string of the molecule is COc1ccc2nc(-c3ccc(C)cc3)cc(C(O)CN3CCCCC3)c2c1. The summed E-state index contributed by atoms with van der Waals surface area (Å²) >= 11 is 0. The lowest BCUT2D eigenvalue weighted by atomic mass is 9.98. The van der Waals surface area contributed by atoms with Crippen molar-refractivity contribution in [2.24, 2.45) is 0 Å². The lowest BCUT2D eigenvalue weighted by Crippen LogP contribution is -2.33. The van der Waals surface area contributed by atoms with E-state index in [4.69, 9.17) is 9.72 Å². The molecule has 4 heteroatoms. The lowest BCUT2D eigenvalue weighted by Gasteiger charge is -2.29. The van der Waals surface area contributed by atoms with E-state index < -0.39 is 6.10 Å². The molecule has 0 radical (unpaired) electrons. The highest BCUT2D eigenvalue weighted by atomic mass is 16.5. The van der Waals surface area contributed by atoms with Crippen LogP contribution in [0.1, 0.15) is 36.5 Å². The second kappa shape index (κ2) is 8.29. The van der Waals surface area contributed by atoms with Crippen LogP contribution < -0.4 is 4.74 Å². The molecule has 1 aliphatic rings. The van der Waals surface area contributed by atoms with E-state index in [1.165, 1.54) is 24.8 Å². The van der Waals surface area contributed by atoms with Gasteiger partial charge in [-0.15, -0.1) is 0 Å². The first-order valence-corrected chi connectivity index (χ1v) is 10.1. The van der Waals surface area contributed by atoms with Gasteiger partial charge in [-0.25, -0.2) is 4.98 Å². The minimum Gasteiger partial charge on any atom is -0.497 e. The summed E-state index contributed by atoms with van der Waals surface area (Å²) in [5, 5.41) is 12.1. The van der Waals surface area contributed by atoms with E-state index in [2.05, 4.69) is 36.1 Å². The molecule has 0 saturated carbocycles. The number of aryl methyl sites for hydroxylation is 1. The van der Waals surface area contributed by atoms with Crippen LogP contribution in [-0.2, 0) is 0 Å². The van der Waals surface area contributed by atoms with Crippen LogP contribution in [0.25, 0.3) is 22.2 Å². The first kappa shape index (κ1) is 18.9. The lowest BCUT2D eigenvalue weighted by molar-refractivity contribution is 0.102. The van der Waals surface area contributed by atoms with Gasteiger partial charge in [-0.1, -0.05) is 36.2 Å². The summed E-state index contributed by atoms with van der Waals surface area (Å²) < 4.78 is 5.42. The molecule has 1 fully saturated rings. The fourth-order valence-corrected chi connectivity index (χ4v) is 3.99. The average Bonchev–Trinajstić information content (AvgIpc) is 2.73. The number of likely N-dealkylation sites (tertiary alicyclic amines) is 1. The van der Waals surface area contributed by atoms with Gasteiger partial charge < -0.3 is 14.7 Å². The Morgan fingerprint density at radius 1 is 1.04 bits per heavy atom. The highest BCUT2D eigenvalue weighted by Crippen LogP contribution is 2.32. The predicted molar refractivity (Wildman–Crippen MR) is 114 cm³/mol. The number of hydrogen-bond donors (Lipinski definition) is 1. The summed E-state index contributed by atoms with van der Waals surface area (Å²) in [7, 11) is 1.67. The Morgan fingerprint density at radius 2 is 1.79 bits per heavy atom. The number of benzene rings is 2. The predicted octanol–water partition coefficient (Wildman–Crippen LogP) is 4.74. The summed E-state index contributed by atoms with van der Waals surface area (Å²) in [4.78, 5) is 7.23. The molecular weight excluding hydrogens is 348 g/mol. The number of ether oxygens (including phenoxy) is 1. The van der Waals surface area contributed by atoms with Crippen LogP contribution in [0.15, 0.2) is 48.5 Å². The van der Waals surface area contributed by atoms with E-state index in [0.717, 1.165) is 46.6 Å². The van der Waals surface area contributed by atoms with Crippen LogP contribution in [0, 0.1) is 6.92 Å². The Kier molecular flexibility index (Phi) is 5.60. The quantitative estimate of drug-likeness (QED) is 0.699. The number of β-amino-alcohol motifs (C(OH)–C–C–N with tert-alkyl or cyclic N) is 1. The second-order valence-corrected chi connectivity index (χ2v) is 7.72. The molecule has 2 aromatic carbocycles. The van der Waals surface area contributed by atoms with E-state index in [9.17, 15) is 5.11 Å². The molecule has 0 bridgehead atoms. The van der Waals surface area contributed by atoms with E-state index in [1.807, 2.05) is 24.3 Å². The third kappa shape index (κ3) is 4.03. The number of aliphatic hydroxyl groups is 1. The largest absolute Gasteiger partial charge is 0.497 e. The molecule has 3 aromatic rings. The molecule has 0 amide bonds. The van der Waals surface area contributed by atoms with Crippen LogP contribution in [-0.4, -0.2) is 41.7 Å². The van der Waals surface area contributed by atoms with Crippen molar-refractivity contribution in [1.29, 1.82) is 0 Å². The monoisotopic (exact) mass is 376 g/mol. The molecule has 1 aromatic heterocycles. The molecule has 4 rings (SSSR count). The molecule has 1 saturated heterocycles. The van der Waals surface area contributed by atoms with Crippen LogP contribution in [0.2, 0.25) is 0 Å². The highest BCUT2D eigenvalue weighted by molar-refractivity contribution is 5.87. The molecular formula is C24H28N2O2. The van der Waals surface area contributed by atoms with Crippen molar-refractivity contribution >= 4 is 10.9 Å². The first-order valence-electron chi connectivity index (χ1n) is 10.1. The zero-order chi connectivity index (χ0) is 19.5. The minimum absolute atomic E-state index is 0.556. The van der Waals surface area contributed by atoms with Crippen molar-refractivity contribution in [3.63, 3.8) is 0 Å². The van der Waals surface area contributed by atoms with Gasteiger partial charge in [0.05, 0.1) is 24.4 Å². The molecule has 1 atom stereocenters. The van der Waals surface area contributed by atoms with Gasteiger partial charge in [-0.05, 0) is 62.7 Å². The van der Waals surface area contributed by atoms with Gasteiger partial charge in [-0.3, -0.25) is 0 Å². The molecule has 0 spiro atoms. The van der Waals surface area contributed by atoms with E-state index in [-0.39, 0.29) is 0 Å². The highest BCUT2D eigenvalue weighted by Gasteiger charge is 2.20. The third-order valence-electron chi connectivity index (χ3n) is 5.63. The summed E-state index contributed by atoms with van der Waals surface area (Å²) in [6.07, 6.45) is 3.16. The number of piperidine rings is 1. The fourth-order valence-electron chi connectivity index (χ4n) is 3.99. The van der Waals surface area contributed by atoms with Gasteiger partial charge in [0.15, 0.2) is 0 Å². The van der Waals surface area contributed by atoms with Crippen molar-refractivity contribution in [3.8, 4) is 17.0 Å². The number of rotatable bonds is 5. The zero-order valence-electron chi connectivity index (χ0n) is 16.7. The number of hydrogen-bond acceptors (Lipinski definition) is 4. The molecule has 2 heterocycles. The van der Waals surface area contributed by atoms with E-state index in [1.54, 1.807) is 7.11 Å². The summed E-state index contributed by atoms with van der Waals surface area (Å²) in [5.74, 6) is 0.781. The van der Waals surface area contributed by atoms with E-state index in [0.29, 0.717) is 6.54 Å². The third-order valence-corrected chi connectivity index (χ3v) is 5.63. The van der Waals surface area contributed by atoms with Crippen LogP contribution in [0.3, 0.4) is 0 Å². The maximum Gasteiger partial charge on any atom is 0.119 e. The van der Waals surface area contributed by atoms with Gasteiger partial charge in [-0.2, -0.15) is 0 Å². The molecule has 146 valence electrons. The zero-order valence-corrected chi connectivity index (χ0v) is 16.7. The number of aliphatic hydroxyl groups excluding tert-OH is 1. The standard InChI is InChI=1S/C24H28N2O2/c1-17-6-8-18(9-7-17)23-15-21(24(27)16-26-12-4-3-5-13-26)20-14-19(28-2)10-11-22(20)25-23/h6-11,14-15,24,27H,3-5,12-13,16H2,1-2H3. The number of methoxy groups -OCH3 is 1. The normalized spacial score (nSPS) is 16.2. The van der Waals surface area contributed by atoms with Crippen molar-refractivity contribution in [2.75, 3.05) is 26.7 Å². The molecule has 1 aliphatic heterocycles. The number of pyridine rings is 1. The smallest absolute Gasteiger partial charge is 0.119 e. The Balaban J connectivity index is 1.77.